The fraction of sp³-hybridized carbons (Fsp3) is 0.600. The molecule has 19 heavy (non-hydrogen) atoms. The van der Waals surface area contributed by atoms with Crippen LogP contribution in [0.5, 0.6) is 0 Å². The van der Waals surface area contributed by atoms with Gasteiger partial charge in [-0.25, -0.2) is 0 Å². The zero-order valence-corrected chi connectivity index (χ0v) is 11.8. The van der Waals surface area contributed by atoms with Crippen molar-refractivity contribution in [1.29, 1.82) is 0 Å². The molecular formula is C15H25N3O. The summed E-state index contributed by atoms with van der Waals surface area (Å²) in [5, 5.41) is 12.4. The van der Waals surface area contributed by atoms with E-state index < -0.39 is 0 Å². The minimum atomic E-state index is 0.205. The smallest absolute Gasteiger partial charge is 0.0606 e. The highest BCUT2D eigenvalue weighted by molar-refractivity contribution is 5.47. The lowest BCUT2D eigenvalue weighted by atomic mass is 10.1. The molecule has 0 atom stereocenters. The Morgan fingerprint density at radius 1 is 1.21 bits per heavy atom. The number of rotatable bonds is 6. The largest absolute Gasteiger partial charge is 0.395 e. The Labute approximate surface area is 116 Å². The third-order valence-electron chi connectivity index (χ3n) is 3.67. The molecule has 1 heterocycles. The maximum absolute atomic E-state index is 9.05. The van der Waals surface area contributed by atoms with Crippen LogP contribution in [0.1, 0.15) is 12.5 Å². The topological polar surface area (TPSA) is 38.7 Å². The Kier molecular flexibility index (Phi) is 5.63. The number of piperazine rings is 1. The summed E-state index contributed by atoms with van der Waals surface area (Å²) < 4.78 is 0. The highest BCUT2D eigenvalue weighted by Crippen LogP contribution is 2.16. The third-order valence-corrected chi connectivity index (χ3v) is 3.67. The minimum Gasteiger partial charge on any atom is -0.395 e. The lowest BCUT2D eigenvalue weighted by Gasteiger charge is -2.27. The summed E-state index contributed by atoms with van der Waals surface area (Å²) >= 11 is 0. The number of benzene rings is 1. The van der Waals surface area contributed by atoms with Crippen LogP contribution in [0, 0.1) is 0 Å². The summed E-state index contributed by atoms with van der Waals surface area (Å²) in [5.41, 5.74) is 2.56. The third kappa shape index (κ3) is 4.20. The van der Waals surface area contributed by atoms with Gasteiger partial charge in [0, 0.05) is 51.5 Å². The summed E-state index contributed by atoms with van der Waals surface area (Å²) in [5.74, 6) is 0. The van der Waals surface area contributed by atoms with Crippen LogP contribution in [0.25, 0.3) is 0 Å². The first-order chi connectivity index (χ1) is 9.33. The van der Waals surface area contributed by atoms with Crippen LogP contribution in [-0.2, 0) is 6.54 Å². The predicted molar refractivity (Wildman–Crippen MR) is 79.6 cm³/mol. The van der Waals surface area contributed by atoms with Crippen molar-refractivity contribution < 1.29 is 5.11 Å². The summed E-state index contributed by atoms with van der Waals surface area (Å²) in [6, 6.07) is 8.74. The van der Waals surface area contributed by atoms with Crippen molar-refractivity contribution in [3.8, 4) is 0 Å². The van der Waals surface area contributed by atoms with Crippen molar-refractivity contribution in [2.45, 2.75) is 13.5 Å². The van der Waals surface area contributed by atoms with E-state index >= 15 is 0 Å². The summed E-state index contributed by atoms with van der Waals surface area (Å²) in [6.07, 6.45) is 0. The van der Waals surface area contributed by atoms with Crippen molar-refractivity contribution in [2.75, 3.05) is 50.8 Å². The molecule has 0 amide bonds. The number of nitrogens with one attached hydrogen (secondary N) is 1. The van der Waals surface area contributed by atoms with Crippen molar-refractivity contribution >= 4 is 5.69 Å². The molecule has 0 unspecified atom stereocenters. The molecule has 2 rings (SSSR count). The predicted octanol–water partition coefficient (Wildman–Crippen LogP) is 0.910. The first-order valence-electron chi connectivity index (χ1n) is 7.21. The number of aliphatic hydroxyl groups is 1. The molecule has 4 nitrogen and oxygen atoms in total. The van der Waals surface area contributed by atoms with Crippen LogP contribution in [0.3, 0.4) is 0 Å². The van der Waals surface area contributed by atoms with Crippen LogP contribution in [0.15, 0.2) is 24.3 Å². The lowest BCUT2D eigenvalue weighted by molar-refractivity contribution is 0.233. The van der Waals surface area contributed by atoms with E-state index in [1.54, 1.807) is 0 Å². The van der Waals surface area contributed by atoms with Gasteiger partial charge in [-0.2, -0.15) is 0 Å². The molecule has 0 radical (unpaired) electrons. The van der Waals surface area contributed by atoms with Crippen molar-refractivity contribution in [1.82, 2.24) is 10.2 Å². The molecule has 0 aliphatic carbocycles. The molecule has 0 saturated carbocycles. The molecule has 1 aromatic rings. The molecule has 0 bridgehead atoms. The van der Waals surface area contributed by atoms with E-state index in [1.165, 1.54) is 11.3 Å². The first-order valence-corrected chi connectivity index (χ1v) is 7.21. The number of likely N-dealkylation sites (N-methyl/N-ethyl adjacent to an activating group) is 1. The SMILES string of the molecule is CCN(CCO)c1ccc(CN2CCNCC2)cc1. The molecule has 1 fully saturated rings. The van der Waals surface area contributed by atoms with Gasteiger partial charge in [0.15, 0.2) is 0 Å². The van der Waals surface area contributed by atoms with E-state index in [1.807, 2.05) is 0 Å². The molecule has 1 aliphatic heterocycles. The fourth-order valence-corrected chi connectivity index (χ4v) is 2.53. The molecular weight excluding hydrogens is 238 g/mol. The zero-order chi connectivity index (χ0) is 13.5. The van der Waals surface area contributed by atoms with Gasteiger partial charge < -0.3 is 15.3 Å². The monoisotopic (exact) mass is 263 g/mol. The van der Waals surface area contributed by atoms with Crippen LogP contribution < -0.4 is 10.2 Å². The summed E-state index contributed by atoms with van der Waals surface area (Å²) in [6.45, 7) is 9.44. The van der Waals surface area contributed by atoms with Gasteiger partial charge in [0.2, 0.25) is 0 Å². The zero-order valence-electron chi connectivity index (χ0n) is 11.8. The maximum Gasteiger partial charge on any atom is 0.0606 e. The van der Waals surface area contributed by atoms with E-state index in [0.29, 0.717) is 6.54 Å². The maximum atomic E-state index is 9.05. The van der Waals surface area contributed by atoms with Crippen molar-refractivity contribution in [2.24, 2.45) is 0 Å². The molecule has 1 saturated heterocycles. The summed E-state index contributed by atoms with van der Waals surface area (Å²) in [4.78, 5) is 4.67. The molecule has 1 aromatic carbocycles. The van der Waals surface area contributed by atoms with Crippen LogP contribution in [0.2, 0.25) is 0 Å². The molecule has 0 spiro atoms. The van der Waals surface area contributed by atoms with E-state index in [0.717, 1.165) is 39.3 Å². The molecule has 106 valence electrons. The van der Waals surface area contributed by atoms with Gasteiger partial charge in [0.05, 0.1) is 6.61 Å². The molecule has 4 heteroatoms. The second-order valence-electron chi connectivity index (χ2n) is 5.00. The quantitative estimate of drug-likeness (QED) is 0.800. The van der Waals surface area contributed by atoms with Crippen LogP contribution in [0.4, 0.5) is 5.69 Å². The Balaban J connectivity index is 1.93. The minimum absolute atomic E-state index is 0.205. The van der Waals surface area contributed by atoms with Crippen LogP contribution in [-0.4, -0.2) is 55.9 Å². The normalized spacial score (nSPS) is 16.5. The van der Waals surface area contributed by atoms with E-state index in [2.05, 4.69) is 46.3 Å². The Morgan fingerprint density at radius 2 is 1.89 bits per heavy atom. The van der Waals surface area contributed by atoms with Crippen LogP contribution >= 0.6 is 0 Å². The van der Waals surface area contributed by atoms with Crippen molar-refractivity contribution in [3.63, 3.8) is 0 Å². The Morgan fingerprint density at radius 3 is 2.47 bits per heavy atom. The average molecular weight is 263 g/mol. The summed E-state index contributed by atoms with van der Waals surface area (Å²) in [7, 11) is 0. The highest BCUT2D eigenvalue weighted by Gasteiger charge is 2.10. The number of nitrogens with zero attached hydrogens (tertiary/aromatic N) is 2. The number of hydrogen-bond acceptors (Lipinski definition) is 4. The molecule has 0 aromatic heterocycles. The average Bonchev–Trinajstić information content (AvgIpc) is 2.47. The van der Waals surface area contributed by atoms with Gasteiger partial charge in [-0.3, -0.25) is 4.90 Å². The number of aliphatic hydroxyl groups excluding tert-OH is 1. The van der Waals surface area contributed by atoms with Gasteiger partial charge in [0.25, 0.3) is 0 Å². The van der Waals surface area contributed by atoms with E-state index in [4.69, 9.17) is 5.11 Å². The highest BCUT2D eigenvalue weighted by atomic mass is 16.3. The fourth-order valence-electron chi connectivity index (χ4n) is 2.53. The molecule has 1 aliphatic rings. The standard InChI is InChI=1S/C15H25N3O/c1-2-18(11-12-19)15-5-3-14(4-6-15)13-17-9-7-16-8-10-17/h3-6,16,19H,2,7-13H2,1H3. The van der Waals surface area contributed by atoms with Gasteiger partial charge in [-0.15, -0.1) is 0 Å². The van der Waals surface area contributed by atoms with Gasteiger partial charge >= 0.3 is 0 Å². The van der Waals surface area contributed by atoms with Gasteiger partial charge in [-0.05, 0) is 24.6 Å². The van der Waals surface area contributed by atoms with Gasteiger partial charge in [0.1, 0.15) is 0 Å². The number of anilines is 1. The Hall–Kier alpha value is -1.10. The molecule has 2 N–H and O–H groups in total. The number of hydrogen-bond donors (Lipinski definition) is 2. The van der Waals surface area contributed by atoms with E-state index in [-0.39, 0.29) is 6.61 Å². The first kappa shape index (κ1) is 14.3. The van der Waals surface area contributed by atoms with Crippen molar-refractivity contribution in [3.05, 3.63) is 29.8 Å². The van der Waals surface area contributed by atoms with E-state index in [9.17, 15) is 0 Å². The second kappa shape index (κ2) is 7.48. The van der Waals surface area contributed by atoms with Gasteiger partial charge in [-0.1, -0.05) is 12.1 Å². The Bertz CT molecular complexity index is 360. The second-order valence-corrected chi connectivity index (χ2v) is 5.00. The lowest BCUT2D eigenvalue weighted by Crippen LogP contribution is -2.42.